The molecule has 4 heterocycles. The first kappa shape index (κ1) is 9.92. The van der Waals surface area contributed by atoms with Gasteiger partial charge in [-0.3, -0.25) is 0 Å². The molecule has 0 aromatic carbocycles. The molecule has 0 saturated carbocycles. The van der Waals surface area contributed by atoms with Crippen LogP contribution in [0.2, 0.25) is 0 Å². The molecule has 0 unspecified atom stereocenters. The van der Waals surface area contributed by atoms with E-state index in [1.807, 2.05) is 0 Å². The summed E-state index contributed by atoms with van der Waals surface area (Å²) in [5, 5.41) is 16.1. The van der Waals surface area contributed by atoms with Gasteiger partial charge in [-0.25, -0.2) is 9.97 Å². The zero-order chi connectivity index (χ0) is 11.9. The number of thiazole rings is 2. The van der Waals surface area contributed by atoms with E-state index >= 15 is 0 Å². The number of hydrogen-bond donors (Lipinski definition) is 0. The minimum absolute atomic E-state index is 0.631. The Morgan fingerprint density at radius 1 is 0.889 bits per heavy atom. The Labute approximate surface area is 108 Å². The summed E-state index contributed by atoms with van der Waals surface area (Å²) >= 11 is 3.06. The lowest BCUT2D eigenvalue weighted by Crippen LogP contribution is -1.91. The Hall–Kier alpha value is -2.06. The van der Waals surface area contributed by atoms with Gasteiger partial charge >= 0.3 is 0 Å². The predicted octanol–water partition coefficient (Wildman–Crippen LogP) is 2.15. The SMILES string of the molecule is c1nc2c(-c3cnnc4ncsc34)nncc2s1. The van der Waals surface area contributed by atoms with Gasteiger partial charge in [-0.1, -0.05) is 0 Å². The summed E-state index contributed by atoms with van der Waals surface area (Å²) in [7, 11) is 0. The Morgan fingerprint density at radius 2 is 1.78 bits per heavy atom. The molecule has 18 heavy (non-hydrogen) atoms. The topological polar surface area (TPSA) is 77.3 Å². The van der Waals surface area contributed by atoms with Gasteiger partial charge in [0, 0.05) is 5.56 Å². The molecule has 0 bridgehead atoms. The van der Waals surface area contributed by atoms with E-state index in [1.165, 1.54) is 11.3 Å². The molecular weight excluding hydrogens is 268 g/mol. The van der Waals surface area contributed by atoms with Gasteiger partial charge in [0.1, 0.15) is 11.2 Å². The second-order valence-electron chi connectivity index (χ2n) is 3.52. The van der Waals surface area contributed by atoms with Crippen molar-refractivity contribution >= 4 is 43.2 Å². The second kappa shape index (κ2) is 3.72. The molecule has 86 valence electrons. The predicted molar refractivity (Wildman–Crippen MR) is 69.4 cm³/mol. The van der Waals surface area contributed by atoms with E-state index in [2.05, 4.69) is 30.4 Å². The Bertz CT molecular complexity index is 779. The van der Waals surface area contributed by atoms with E-state index in [-0.39, 0.29) is 0 Å². The average Bonchev–Trinajstić information content (AvgIpc) is 3.06. The summed E-state index contributed by atoms with van der Waals surface area (Å²) in [6.07, 6.45) is 3.40. The minimum Gasteiger partial charge on any atom is -0.242 e. The molecular formula is C10H4N6S2. The molecule has 0 atom stereocenters. The average molecular weight is 272 g/mol. The molecule has 8 heteroatoms. The first-order chi connectivity index (χ1) is 8.93. The van der Waals surface area contributed by atoms with Crippen LogP contribution in [0.5, 0.6) is 0 Å². The summed E-state index contributed by atoms with van der Waals surface area (Å²) in [6, 6.07) is 0. The highest BCUT2D eigenvalue weighted by atomic mass is 32.1. The second-order valence-corrected chi connectivity index (χ2v) is 5.26. The molecule has 0 fully saturated rings. The lowest BCUT2D eigenvalue weighted by atomic mass is 10.2. The summed E-state index contributed by atoms with van der Waals surface area (Å²) in [5.41, 5.74) is 6.63. The Kier molecular flexibility index (Phi) is 2.05. The fraction of sp³-hybridized carbons (Fsp3) is 0. The van der Waals surface area contributed by atoms with E-state index in [0.717, 1.165) is 26.2 Å². The quantitative estimate of drug-likeness (QED) is 0.528. The molecule has 0 saturated heterocycles. The molecule has 0 aliphatic heterocycles. The van der Waals surface area contributed by atoms with Crippen LogP contribution in [0.15, 0.2) is 23.4 Å². The number of hydrogen-bond acceptors (Lipinski definition) is 8. The molecule has 6 nitrogen and oxygen atoms in total. The maximum atomic E-state index is 4.34. The first-order valence-corrected chi connectivity index (χ1v) is 6.79. The Morgan fingerprint density at radius 3 is 2.78 bits per heavy atom. The minimum atomic E-state index is 0.631. The van der Waals surface area contributed by atoms with Gasteiger partial charge < -0.3 is 0 Å². The molecule has 0 aliphatic carbocycles. The van der Waals surface area contributed by atoms with Crippen LogP contribution < -0.4 is 0 Å². The lowest BCUT2D eigenvalue weighted by Gasteiger charge is -2.00. The van der Waals surface area contributed by atoms with E-state index in [9.17, 15) is 0 Å². The van der Waals surface area contributed by atoms with Crippen LogP contribution in [0.25, 0.3) is 31.8 Å². The van der Waals surface area contributed by atoms with Gasteiger partial charge in [0.25, 0.3) is 0 Å². The van der Waals surface area contributed by atoms with Crippen LogP contribution >= 0.6 is 22.7 Å². The lowest BCUT2D eigenvalue weighted by molar-refractivity contribution is 1.03. The van der Waals surface area contributed by atoms with Crippen molar-refractivity contribution in [3.05, 3.63) is 23.4 Å². The van der Waals surface area contributed by atoms with Gasteiger partial charge in [-0.15, -0.1) is 32.9 Å². The van der Waals surface area contributed by atoms with Crippen molar-refractivity contribution in [1.82, 2.24) is 30.4 Å². The molecule has 0 N–H and O–H groups in total. The van der Waals surface area contributed by atoms with Crippen LogP contribution in [0.1, 0.15) is 0 Å². The fourth-order valence-corrected chi connectivity index (χ4v) is 3.13. The Balaban J connectivity index is 2.13. The molecule has 0 radical (unpaired) electrons. The summed E-state index contributed by atoms with van der Waals surface area (Å²) in [6.45, 7) is 0. The number of nitrogens with zero attached hydrogens (tertiary/aromatic N) is 6. The van der Waals surface area contributed by atoms with Gasteiger partial charge in [0.05, 0.1) is 32.8 Å². The third-order valence-electron chi connectivity index (χ3n) is 2.54. The van der Waals surface area contributed by atoms with E-state index in [0.29, 0.717) is 5.65 Å². The molecule has 0 aliphatic rings. The van der Waals surface area contributed by atoms with Crippen molar-refractivity contribution in [2.75, 3.05) is 0 Å². The maximum Gasteiger partial charge on any atom is 0.193 e. The fourth-order valence-electron chi connectivity index (χ4n) is 1.76. The van der Waals surface area contributed by atoms with Gasteiger partial charge in [-0.05, 0) is 0 Å². The highest BCUT2D eigenvalue weighted by molar-refractivity contribution is 7.17. The van der Waals surface area contributed by atoms with Crippen molar-refractivity contribution in [3.63, 3.8) is 0 Å². The van der Waals surface area contributed by atoms with E-state index in [1.54, 1.807) is 34.8 Å². The molecule has 0 spiro atoms. The van der Waals surface area contributed by atoms with Crippen LogP contribution in [0.3, 0.4) is 0 Å². The molecule has 4 rings (SSSR count). The van der Waals surface area contributed by atoms with Gasteiger partial charge in [-0.2, -0.15) is 10.2 Å². The largest absolute Gasteiger partial charge is 0.242 e. The molecule has 4 aromatic rings. The highest BCUT2D eigenvalue weighted by Crippen LogP contribution is 2.32. The zero-order valence-electron chi connectivity index (χ0n) is 8.81. The van der Waals surface area contributed by atoms with Crippen LogP contribution in [0.4, 0.5) is 0 Å². The number of fused-ring (bicyclic) bond motifs is 2. The van der Waals surface area contributed by atoms with Gasteiger partial charge in [0.2, 0.25) is 0 Å². The number of aromatic nitrogens is 6. The van der Waals surface area contributed by atoms with Gasteiger partial charge in [0.15, 0.2) is 5.65 Å². The monoisotopic (exact) mass is 272 g/mol. The van der Waals surface area contributed by atoms with Crippen molar-refractivity contribution in [2.24, 2.45) is 0 Å². The standard InChI is InChI=1S/C10H4N6S2/c1-5(9-10(16-13-1)12-4-18-9)7-8-6(2-14-15-7)17-3-11-8/h1-4H. The summed E-state index contributed by atoms with van der Waals surface area (Å²) < 4.78 is 1.97. The molecule has 4 aromatic heterocycles. The zero-order valence-corrected chi connectivity index (χ0v) is 10.4. The van der Waals surface area contributed by atoms with E-state index < -0.39 is 0 Å². The van der Waals surface area contributed by atoms with Crippen LogP contribution in [0, 0.1) is 0 Å². The van der Waals surface area contributed by atoms with Crippen molar-refractivity contribution in [1.29, 1.82) is 0 Å². The van der Waals surface area contributed by atoms with E-state index in [4.69, 9.17) is 0 Å². The third-order valence-corrected chi connectivity index (χ3v) is 4.15. The van der Waals surface area contributed by atoms with Crippen molar-refractivity contribution in [2.45, 2.75) is 0 Å². The van der Waals surface area contributed by atoms with Crippen LogP contribution in [-0.4, -0.2) is 30.4 Å². The van der Waals surface area contributed by atoms with Crippen LogP contribution in [-0.2, 0) is 0 Å². The highest BCUT2D eigenvalue weighted by Gasteiger charge is 2.14. The van der Waals surface area contributed by atoms with Crippen molar-refractivity contribution < 1.29 is 0 Å². The summed E-state index contributed by atoms with van der Waals surface area (Å²) in [4.78, 5) is 8.49. The summed E-state index contributed by atoms with van der Waals surface area (Å²) in [5.74, 6) is 0. The smallest absolute Gasteiger partial charge is 0.193 e. The van der Waals surface area contributed by atoms with Crippen molar-refractivity contribution in [3.8, 4) is 11.3 Å². The normalized spacial score (nSPS) is 11.3. The number of rotatable bonds is 1. The maximum absolute atomic E-state index is 4.34. The first-order valence-electron chi connectivity index (χ1n) is 5.03. The molecule has 0 amide bonds. The third kappa shape index (κ3) is 1.33.